The summed E-state index contributed by atoms with van der Waals surface area (Å²) >= 11 is 0. The van der Waals surface area contributed by atoms with Crippen molar-refractivity contribution in [1.29, 1.82) is 0 Å². The first-order chi connectivity index (χ1) is 8.24. The molecule has 0 unspecified atom stereocenters. The molecule has 5 N–H and O–H groups in total. The lowest BCUT2D eigenvalue weighted by Gasteiger charge is -1.99. The largest absolute Gasteiger partial charge is 0.399 e. The second-order valence-electron chi connectivity index (χ2n) is 3.88. The van der Waals surface area contributed by atoms with Crippen LogP contribution in [-0.4, -0.2) is 15.2 Å². The summed E-state index contributed by atoms with van der Waals surface area (Å²) < 4.78 is 0. The van der Waals surface area contributed by atoms with E-state index in [1.54, 1.807) is 12.4 Å². The monoisotopic (exact) mass is 225 g/mol. The van der Waals surface area contributed by atoms with Gasteiger partial charge in [-0.05, 0) is 24.3 Å². The molecule has 84 valence electrons. The van der Waals surface area contributed by atoms with Gasteiger partial charge in [0.2, 0.25) is 0 Å². The number of pyridine rings is 1. The molecule has 0 amide bonds. The number of aromatic nitrogens is 3. The lowest BCUT2D eigenvalue weighted by atomic mass is 10.1. The molecule has 0 fully saturated rings. The number of anilines is 2. The molecule has 0 saturated heterocycles. The first-order valence-corrected chi connectivity index (χ1v) is 5.18. The standard InChI is InChI=1S/C12H11N5/c13-8-1-2-11-10(4-8)12(17-16-11)7-3-9(14)6-15-5-7/h1-6H,13-14H2,(H,16,17). The van der Waals surface area contributed by atoms with Crippen LogP contribution in [0.15, 0.2) is 36.7 Å². The average molecular weight is 225 g/mol. The van der Waals surface area contributed by atoms with Crippen molar-refractivity contribution in [3.8, 4) is 11.3 Å². The van der Waals surface area contributed by atoms with Crippen LogP contribution in [0.4, 0.5) is 11.4 Å². The molecule has 0 aliphatic heterocycles. The quantitative estimate of drug-likeness (QED) is 0.550. The molecule has 0 saturated carbocycles. The van der Waals surface area contributed by atoms with Crippen molar-refractivity contribution >= 4 is 22.3 Å². The van der Waals surface area contributed by atoms with Gasteiger partial charge in [-0.1, -0.05) is 0 Å². The zero-order chi connectivity index (χ0) is 11.8. The second kappa shape index (κ2) is 3.48. The van der Waals surface area contributed by atoms with E-state index in [9.17, 15) is 0 Å². The summed E-state index contributed by atoms with van der Waals surface area (Å²) in [6.45, 7) is 0. The van der Waals surface area contributed by atoms with Gasteiger partial charge in [0.05, 0.1) is 11.2 Å². The molecule has 0 aliphatic carbocycles. The van der Waals surface area contributed by atoms with Gasteiger partial charge in [0.15, 0.2) is 0 Å². The van der Waals surface area contributed by atoms with E-state index < -0.39 is 0 Å². The highest BCUT2D eigenvalue weighted by Crippen LogP contribution is 2.27. The minimum Gasteiger partial charge on any atom is -0.399 e. The Balaban J connectivity index is 2.27. The average Bonchev–Trinajstić information content (AvgIpc) is 2.71. The molecule has 1 aromatic carbocycles. The van der Waals surface area contributed by atoms with Crippen LogP contribution in [0.2, 0.25) is 0 Å². The SMILES string of the molecule is Nc1cncc(-c2n[nH]c3ccc(N)cc23)c1. The molecule has 2 heterocycles. The van der Waals surface area contributed by atoms with Crippen molar-refractivity contribution in [2.45, 2.75) is 0 Å². The number of fused-ring (bicyclic) bond motifs is 1. The van der Waals surface area contributed by atoms with E-state index in [2.05, 4.69) is 15.2 Å². The van der Waals surface area contributed by atoms with Crippen LogP contribution in [0, 0.1) is 0 Å². The first kappa shape index (κ1) is 9.65. The van der Waals surface area contributed by atoms with E-state index in [-0.39, 0.29) is 0 Å². The van der Waals surface area contributed by atoms with Crippen molar-refractivity contribution in [2.24, 2.45) is 0 Å². The number of nitrogen functional groups attached to an aromatic ring is 2. The minimum atomic E-state index is 0.613. The van der Waals surface area contributed by atoms with Crippen LogP contribution in [0.3, 0.4) is 0 Å². The van der Waals surface area contributed by atoms with Gasteiger partial charge < -0.3 is 11.5 Å². The fourth-order valence-corrected chi connectivity index (χ4v) is 1.84. The third-order valence-electron chi connectivity index (χ3n) is 2.62. The number of aromatic amines is 1. The normalized spacial score (nSPS) is 10.8. The highest BCUT2D eigenvalue weighted by atomic mass is 15.1. The van der Waals surface area contributed by atoms with Crippen molar-refractivity contribution in [2.75, 3.05) is 11.5 Å². The Bertz CT molecular complexity index is 686. The number of nitrogens with one attached hydrogen (secondary N) is 1. The van der Waals surface area contributed by atoms with E-state index in [0.29, 0.717) is 11.4 Å². The number of H-pyrrole nitrogens is 1. The number of benzene rings is 1. The molecule has 5 nitrogen and oxygen atoms in total. The summed E-state index contributed by atoms with van der Waals surface area (Å²) in [5.74, 6) is 0. The van der Waals surface area contributed by atoms with E-state index in [1.165, 1.54) is 0 Å². The minimum absolute atomic E-state index is 0.613. The molecular weight excluding hydrogens is 214 g/mol. The molecule has 5 heteroatoms. The summed E-state index contributed by atoms with van der Waals surface area (Å²) in [5, 5.41) is 8.20. The first-order valence-electron chi connectivity index (χ1n) is 5.18. The van der Waals surface area contributed by atoms with Gasteiger partial charge >= 0.3 is 0 Å². The van der Waals surface area contributed by atoms with E-state index in [1.807, 2.05) is 24.3 Å². The molecule has 0 atom stereocenters. The molecule has 3 aromatic rings. The second-order valence-corrected chi connectivity index (χ2v) is 3.88. The van der Waals surface area contributed by atoms with E-state index in [0.717, 1.165) is 22.2 Å². The fourth-order valence-electron chi connectivity index (χ4n) is 1.84. The van der Waals surface area contributed by atoms with Crippen LogP contribution < -0.4 is 11.5 Å². The molecule has 3 rings (SSSR count). The van der Waals surface area contributed by atoms with Gasteiger partial charge in [0, 0.05) is 29.0 Å². The Morgan fingerprint density at radius 2 is 1.88 bits per heavy atom. The highest BCUT2D eigenvalue weighted by Gasteiger charge is 2.08. The number of nitrogens with two attached hydrogens (primary N) is 2. The Morgan fingerprint density at radius 1 is 1.00 bits per heavy atom. The van der Waals surface area contributed by atoms with Gasteiger partial charge in [-0.25, -0.2) is 0 Å². The summed E-state index contributed by atoms with van der Waals surface area (Å²) in [6, 6.07) is 7.46. The van der Waals surface area contributed by atoms with Crippen LogP contribution in [0.1, 0.15) is 0 Å². The van der Waals surface area contributed by atoms with Crippen LogP contribution in [0.25, 0.3) is 22.2 Å². The predicted molar refractivity (Wildman–Crippen MR) is 68.1 cm³/mol. The maximum Gasteiger partial charge on any atom is 0.102 e. The fraction of sp³-hybridized carbons (Fsp3) is 0. The number of hydrogen-bond acceptors (Lipinski definition) is 4. The lowest BCUT2D eigenvalue weighted by molar-refractivity contribution is 1.12. The van der Waals surface area contributed by atoms with Gasteiger partial charge in [0.1, 0.15) is 5.69 Å². The summed E-state index contributed by atoms with van der Waals surface area (Å²) in [7, 11) is 0. The molecule has 0 bridgehead atoms. The third-order valence-corrected chi connectivity index (χ3v) is 2.62. The Kier molecular flexibility index (Phi) is 1.98. The van der Waals surface area contributed by atoms with Gasteiger partial charge in [-0.3, -0.25) is 10.1 Å². The van der Waals surface area contributed by atoms with Gasteiger partial charge in [-0.2, -0.15) is 5.10 Å². The maximum atomic E-state index is 5.78. The topological polar surface area (TPSA) is 93.6 Å². The Labute approximate surface area is 97.5 Å². The highest BCUT2D eigenvalue weighted by molar-refractivity contribution is 5.94. The third kappa shape index (κ3) is 1.57. The Morgan fingerprint density at radius 3 is 2.71 bits per heavy atom. The van der Waals surface area contributed by atoms with Crippen LogP contribution in [0.5, 0.6) is 0 Å². The number of rotatable bonds is 1. The molecule has 0 spiro atoms. The van der Waals surface area contributed by atoms with Crippen LogP contribution in [-0.2, 0) is 0 Å². The molecule has 2 aromatic heterocycles. The predicted octanol–water partition coefficient (Wildman–Crippen LogP) is 1.79. The summed E-state index contributed by atoms with van der Waals surface area (Å²) in [6.07, 6.45) is 3.34. The lowest BCUT2D eigenvalue weighted by Crippen LogP contribution is -1.88. The van der Waals surface area contributed by atoms with Gasteiger partial charge in [0.25, 0.3) is 0 Å². The molecule has 0 aliphatic rings. The zero-order valence-corrected chi connectivity index (χ0v) is 9.01. The summed E-state index contributed by atoms with van der Waals surface area (Å²) in [4.78, 5) is 4.06. The van der Waals surface area contributed by atoms with Crippen molar-refractivity contribution in [3.05, 3.63) is 36.7 Å². The maximum absolute atomic E-state index is 5.78. The van der Waals surface area contributed by atoms with Crippen LogP contribution >= 0.6 is 0 Å². The molecular formula is C12H11N5. The van der Waals surface area contributed by atoms with Crippen molar-refractivity contribution in [3.63, 3.8) is 0 Å². The van der Waals surface area contributed by atoms with E-state index >= 15 is 0 Å². The van der Waals surface area contributed by atoms with E-state index in [4.69, 9.17) is 11.5 Å². The van der Waals surface area contributed by atoms with Gasteiger partial charge in [-0.15, -0.1) is 0 Å². The Hall–Kier alpha value is -2.56. The smallest absolute Gasteiger partial charge is 0.102 e. The summed E-state index contributed by atoms with van der Waals surface area (Å²) in [5.41, 5.74) is 15.4. The van der Waals surface area contributed by atoms with Crippen molar-refractivity contribution < 1.29 is 0 Å². The number of nitrogens with zero attached hydrogens (tertiary/aromatic N) is 2. The number of hydrogen-bond donors (Lipinski definition) is 3. The zero-order valence-electron chi connectivity index (χ0n) is 9.01. The van der Waals surface area contributed by atoms with Crippen molar-refractivity contribution in [1.82, 2.24) is 15.2 Å². The molecule has 17 heavy (non-hydrogen) atoms. The molecule has 0 radical (unpaired) electrons.